The van der Waals surface area contributed by atoms with Crippen molar-refractivity contribution >= 4 is 5.91 Å². The van der Waals surface area contributed by atoms with Crippen LogP contribution in [0.4, 0.5) is 13.2 Å². The smallest absolute Gasteiger partial charge is 0.258 e. The van der Waals surface area contributed by atoms with Crippen LogP contribution in [0, 0.1) is 24.4 Å². The summed E-state index contributed by atoms with van der Waals surface area (Å²) in [5.74, 6) is -4.02. The highest BCUT2D eigenvalue weighted by Crippen LogP contribution is 2.45. The summed E-state index contributed by atoms with van der Waals surface area (Å²) in [6.45, 7) is 1.86. The van der Waals surface area contributed by atoms with Crippen molar-refractivity contribution in [3.8, 4) is 11.3 Å². The average molecular weight is 429 g/mol. The van der Waals surface area contributed by atoms with Crippen LogP contribution in [0.1, 0.15) is 52.6 Å². The Bertz CT molecular complexity index is 1190. The third-order valence-electron chi connectivity index (χ3n) is 6.63. The van der Waals surface area contributed by atoms with Gasteiger partial charge in [-0.3, -0.25) is 14.2 Å². The quantitative estimate of drug-likeness (QED) is 0.582. The van der Waals surface area contributed by atoms with E-state index in [0.29, 0.717) is 17.7 Å². The van der Waals surface area contributed by atoms with Crippen LogP contribution in [0.15, 0.2) is 18.3 Å². The van der Waals surface area contributed by atoms with Crippen molar-refractivity contribution in [1.29, 1.82) is 0 Å². The number of halogens is 3. The molecule has 0 radical (unpaired) electrons. The predicted molar refractivity (Wildman–Crippen MR) is 107 cm³/mol. The highest BCUT2D eigenvalue weighted by atomic mass is 19.2. The molecule has 2 bridgehead atoms. The first kappa shape index (κ1) is 19.8. The average Bonchev–Trinajstić information content (AvgIpc) is 3.23. The molecule has 5 rings (SSSR count). The van der Waals surface area contributed by atoms with E-state index in [1.54, 1.807) is 29.7 Å². The summed E-state index contributed by atoms with van der Waals surface area (Å²) in [7, 11) is 3.50. The van der Waals surface area contributed by atoms with Gasteiger partial charge in [0, 0.05) is 37.0 Å². The Morgan fingerprint density at radius 2 is 1.81 bits per heavy atom. The Hall–Kier alpha value is -3.10. The Morgan fingerprint density at radius 3 is 2.45 bits per heavy atom. The van der Waals surface area contributed by atoms with Gasteiger partial charge in [0.2, 0.25) is 0 Å². The second-order valence-corrected chi connectivity index (χ2v) is 8.37. The van der Waals surface area contributed by atoms with Crippen LogP contribution in [0.3, 0.4) is 0 Å². The van der Waals surface area contributed by atoms with E-state index in [9.17, 15) is 18.0 Å². The van der Waals surface area contributed by atoms with Crippen molar-refractivity contribution < 1.29 is 18.0 Å². The molecule has 162 valence electrons. The molecule has 2 aliphatic rings. The third-order valence-corrected chi connectivity index (χ3v) is 6.63. The van der Waals surface area contributed by atoms with E-state index in [0.717, 1.165) is 48.3 Å². The summed E-state index contributed by atoms with van der Waals surface area (Å²) in [6.07, 6.45) is 4.69. The summed E-state index contributed by atoms with van der Waals surface area (Å²) in [5.41, 5.74) is 3.79. The number of hydrogen-bond donors (Lipinski definition) is 0. The largest absolute Gasteiger partial charge is 0.327 e. The van der Waals surface area contributed by atoms with E-state index in [1.165, 1.54) is 0 Å². The van der Waals surface area contributed by atoms with E-state index in [1.807, 2.05) is 11.8 Å². The van der Waals surface area contributed by atoms with Gasteiger partial charge in [0.25, 0.3) is 5.91 Å². The lowest BCUT2D eigenvalue weighted by molar-refractivity contribution is 0.0391. The molecule has 6 nitrogen and oxygen atoms in total. The molecule has 0 spiro atoms. The third kappa shape index (κ3) is 2.90. The van der Waals surface area contributed by atoms with Crippen molar-refractivity contribution in [3.05, 3.63) is 58.3 Å². The number of aryl methyl sites for hydroxylation is 2. The van der Waals surface area contributed by atoms with E-state index >= 15 is 0 Å². The van der Waals surface area contributed by atoms with Gasteiger partial charge in [-0.15, -0.1) is 0 Å². The SMILES string of the molecule is Cc1c(C(=O)N2C3CCCC2c2nn(C)c(-c4cc(F)c(F)c(F)c4)c2C3)cnn1C. The second-order valence-electron chi connectivity index (χ2n) is 8.37. The maximum Gasteiger partial charge on any atom is 0.258 e. The minimum Gasteiger partial charge on any atom is -0.327 e. The summed E-state index contributed by atoms with van der Waals surface area (Å²) in [5, 5.41) is 8.85. The van der Waals surface area contributed by atoms with Crippen LogP contribution in [-0.4, -0.2) is 36.4 Å². The zero-order chi connectivity index (χ0) is 22.0. The highest BCUT2D eigenvalue weighted by molar-refractivity contribution is 5.96. The van der Waals surface area contributed by atoms with Crippen molar-refractivity contribution in [2.75, 3.05) is 0 Å². The molecule has 1 aromatic carbocycles. The standard InChI is InChI=1S/C22H22F3N5O/c1-11-15(10-26-28(11)2)22(31)30-13-5-4-6-18(30)20-14(9-13)21(29(3)27-20)12-7-16(23)19(25)17(24)8-12/h7-8,10,13,18H,4-6,9H2,1-3H3. The number of carbonyl (C=O) groups excluding carboxylic acids is 1. The van der Waals surface area contributed by atoms with Crippen molar-refractivity contribution in [2.45, 2.75) is 44.7 Å². The van der Waals surface area contributed by atoms with E-state index in [4.69, 9.17) is 0 Å². The van der Waals surface area contributed by atoms with Gasteiger partial charge in [-0.2, -0.15) is 10.2 Å². The lowest BCUT2D eigenvalue weighted by Crippen LogP contribution is -2.50. The zero-order valence-corrected chi connectivity index (χ0v) is 17.5. The molecule has 2 aliphatic heterocycles. The van der Waals surface area contributed by atoms with E-state index < -0.39 is 17.5 Å². The first-order valence-corrected chi connectivity index (χ1v) is 10.3. The Balaban J connectivity index is 1.60. The molecule has 0 N–H and O–H groups in total. The lowest BCUT2D eigenvalue weighted by atomic mass is 9.81. The minimum atomic E-state index is -1.49. The molecule has 3 aromatic rings. The molecule has 0 saturated carbocycles. The van der Waals surface area contributed by atoms with Gasteiger partial charge in [0.1, 0.15) is 0 Å². The number of carbonyl (C=O) groups is 1. The summed E-state index contributed by atoms with van der Waals surface area (Å²) >= 11 is 0. The van der Waals surface area contributed by atoms with Crippen molar-refractivity contribution in [2.24, 2.45) is 14.1 Å². The monoisotopic (exact) mass is 429 g/mol. The molecular formula is C22H22F3N5O. The number of benzene rings is 1. The van der Waals surface area contributed by atoms with E-state index in [-0.39, 0.29) is 23.6 Å². The molecule has 1 fully saturated rings. The van der Waals surface area contributed by atoms with Gasteiger partial charge in [-0.1, -0.05) is 0 Å². The summed E-state index contributed by atoms with van der Waals surface area (Å²) < 4.78 is 44.6. The summed E-state index contributed by atoms with van der Waals surface area (Å²) in [4.78, 5) is 15.3. The van der Waals surface area contributed by atoms with Crippen LogP contribution in [0.2, 0.25) is 0 Å². The fourth-order valence-corrected chi connectivity index (χ4v) is 5.05. The van der Waals surface area contributed by atoms with Crippen LogP contribution in [0.5, 0.6) is 0 Å². The second kappa shape index (κ2) is 6.96. The number of hydrogen-bond acceptors (Lipinski definition) is 3. The van der Waals surface area contributed by atoms with Gasteiger partial charge >= 0.3 is 0 Å². The van der Waals surface area contributed by atoms with Crippen molar-refractivity contribution in [3.63, 3.8) is 0 Å². The topological polar surface area (TPSA) is 56.0 Å². The zero-order valence-electron chi connectivity index (χ0n) is 17.5. The van der Waals surface area contributed by atoms with Crippen LogP contribution < -0.4 is 0 Å². The fraction of sp³-hybridized carbons (Fsp3) is 0.409. The van der Waals surface area contributed by atoms with Crippen LogP contribution >= 0.6 is 0 Å². The van der Waals surface area contributed by atoms with Gasteiger partial charge < -0.3 is 4.90 Å². The Labute approximate surface area is 177 Å². The Morgan fingerprint density at radius 1 is 1.10 bits per heavy atom. The lowest BCUT2D eigenvalue weighted by Gasteiger charge is -2.45. The van der Waals surface area contributed by atoms with Gasteiger partial charge in [-0.05, 0) is 44.7 Å². The number of nitrogens with zero attached hydrogens (tertiary/aromatic N) is 5. The number of fused-ring (bicyclic) bond motifs is 4. The highest BCUT2D eigenvalue weighted by Gasteiger charge is 2.44. The van der Waals surface area contributed by atoms with Gasteiger partial charge in [0.05, 0.1) is 29.2 Å². The predicted octanol–water partition coefficient (Wildman–Crippen LogP) is 3.84. The molecule has 31 heavy (non-hydrogen) atoms. The number of amides is 1. The molecular weight excluding hydrogens is 407 g/mol. The first-order valence-electron chi connectivity index (χ1n) is 10.3. The number of rotatable bonds is 2. The van der Waals surface area contributed by atoms with Crippen molar-refractivity contribution in [1.82, 2.24) is 24.5 Å². The fourth-order valence-electron chi connectivity index (χ4n) is 5.05. The minimum absolute atomic E-state index is 0.0450. The van der Waals surface area contributed by atoms with Crippen LogP contribution in [-0.2, 0) is 20.5 Å². The number of aromatic nitrogens is 4. The maximum atomic E-state index is 13.9. The normalized spacial score (nSPS) is 20.1. The molecule has 2 aromatic heterocycles. The Kier molecular flexibility index (Phi) is 4.46. The maximum absolute atomic E-state index is 13.9. The first-order chi connectivity index (χ1) is 14.8. The molecule has 1 amide bonds. The molecule has 2 unspecified atom stereocenters. The molecule has 1 saturated heterocycles. The summed E-state index contributed by atoms with van der Waals surface area (Å²) in [6, 6.07) is 1.74. The molecule has 4 heterocycles. The van der Waals surface area contributed by atoms with E-state index in [2.05, 4.69) is 10.2 Å². The molecule has 9 heteroatoms. The van der Waals surface area contributed by atoms with Gasteiger partial charge in [0.15, 0.2) is 17.5 Å². The molecule has 2 atom stereocenters. The number of piperidine rings is 1. The van der Waals surface area contributed by atoms with Crippen LogP contribution in [0.25, 0.3) is 11.3 Å². The molecule has 0 aliphatic carbocycles. The van der Waals surface area contributed by atoms with Gasteiger partial charge in [-0.25, -0.2) is 13.2 Å².